The molecule has 0 saturated carbocycles. The van der Waals surface area contributed by atoms with Crippen molar-refractivity contribution in [3.8, 4) is 0 Å². The van der Waals surface area contributed by atoms with Crippen molar-refractivity contribution >= 4 is 11.9 Å². The molecule has 0 saturated heterocycles. The third-order valence-corrected chi connectivity index (χ3v) is 2.82. The zero-order valence-corrected chi connectivity index (χ0v) is 8.91. The van der Waals surface area contributed by atoms with E-state index in [0.29, 0.717) is 12.8 Å². The van der Waals surface area contributed by atoms with Gasteiger partial charge in [0, 0.05) is 0 Å². The molecule has 0 rings (SSSR count). The lowest BCUT2D eigenvalue weighted by Crippen LogP contribution is -2.38. The lowest BCUT2D eigenvalue weighted by Gasteiger charge is -2.31. The molecule has 0 aliphatic rings. The first-order valence-electron chi connectivity index (χ1n) is 4.84. The molecule has 0 bridgehead atoms. The standard InChI is InChI=1S/C10H18O4/c1-4-6-10(3,5-2)7(8(11)12)9(13)14/h7H,4-6H2,1-3H3,(H,11,12)(H,13,14). The minimum atomic E-state index is -1.30. The molecule has 0 amide bonds. The molecule has 4 nitrogen and oxygen atoms in total. The van der Waals surface area contributed by atoms with Crippen molar-refractivity contribution in [1.82, 2.24) is 0 Å². The fraction of sp³-hybridized carbons (Fsp3) is 0.800. The topological polar surface area (TPSA) is 74.6 Å². The molecule has 4 heteroatoms. The number of rotatable bonds is 6. The van der Waals surface area contributed by atoms with E-state index in [2.05, 4.69) is 0 Å². The number of carboxylic acid groups (broad SMARTS) is 2. The van der Waals surface area contributed by atoms with Crippen LogP contribution in [-0.2, 0) is 9.59 Å². The minimum absolute atomic E-state index is 0.560. The summed E-state index contributed by atoms with van der Waals surface area (Å²) in [5.74, 6) is -3.78. The highest BCUT2D eigenvalue weighted by Crippen LogP contribution is 2.36. The zero-order valence-electron chi connectivity index (χ0n) is 8.91. The van der Waals surface area contributed by atoms with E-state index < -0.39 is 23.3 Å². The molecular weight excluding hydrogens is 184 g/mol. The Bertz CT molecular complexity index is 210. The Hall–Kier alpha value is -1.06. The molecule has 1 atom stereocenters. The Morgan fingerprint density at radius 1 is 1.21 bits per heavy atom. The van der Waals surface area contributed by atoms with E-state index in [1.54, 1.807) is 6.92 Å². The van der Waals surface area contributed by atoms with E-state index in [1.807, 2.05) is 13.8 Å². The second-order valence-corrected chi connectivity index (χ2v) is 3.87. The van der Waals surface area contributed by atoms with Crippen LogP contribution in [0.1, 0.15) is 40.0 Å². The third kappa shape index (κ3) is 2.72. The lowest BCUT2D eigenvalue weighted by atomic mass is 9.72. The Balaban J connectivity index is 4.92. The van der Waals surface area contributed by atoms with Gasteiger partial charge in [-0.15, -0.1) is 0 Å². The Labute approximate surface area is 83.9 Å². The molecule has 1 unspecified atom stereocenters. The van der Waals surface area contributed by atoms with Crippen LogP contribution in [0.4, 0.5) is 0 Å². The molecule has 14 heavy (non-hydrogen) atoms. The predicted octanol–water partition coefficient (Wildman–Crippen LogP) is 1.99. The van der Waals surface area contributed by atoms with Crippen LogP contribution in [0.2, 0.25) is 0 Å². The van der Waals surface area contributed by atoms with Gasteiger partial charge >= 0.3 is 11.9 Å². The van der Waals surface area contributed by atoms with E-state index >= 15 is 0 Å². The molecule has 0 spiro atoms. The number of hydrogen-bond acceptors (Lipinski definition) is 2. The Morgan fingerprint density at radius 2 is 1.64 bits per heavy atom. The molecule has 0 aliphatic heterocycles. The first kappa shape index (κ1) is 12.9. The van der Waals surface area contributed by atoms with Crippen LogP contribution in [-0.4, -0.2) is 22.2 Å². The highest BCUT2D eigenvalue weighted by molar-refractivity contribution is 5.93. The maximum absolute atomic E-state index is 10.8. The average molecular weight is 202 g/mol. The van der Waals surface area contributed by atoms with Crippen molar-refractivity contribution in [2.24, 2.45) is 11.3 Å². The van der Waals surface area contributed by atoms with Crippen LogP contribution < -0.4 is 0 Å². The van der Waals surface area contributed by atoms with Crippen LogP contribution in [0.3, 0.4) is 0 Å². The van der Waals surface area contributed by atoms with E-state index in [4.69, 9.17) is 10.2 Å². The number of carboxylic acids is 2. The number of aliphatic carboxylic acids is 2. The third-order valence-electron chi connectivity index (χ3n) is 2.82. The first-order valence-corrected chi connectivity index (χ1v) is 4.84. The Kier molecular flexibility index (Phi) is 4.60. The quantitative estimate of drug-likeness (QED) is 0.646. The number of carbonyl (C=O) groups is 2. The van der Waals surface area contributed by atoms with Gasteiger partial charge in [-0.3, -0.25) is 9.59 Å². The summed E-state index contributed by atoms with van der Waals surface area (Å²) in [4.78, 5) is 21.7. The zero-order chi connectivity index (χ0) is 11.4. The van der Waals surface area contributed by atoms with Crippen molar-refractivity contribution in [3.63, 3.8) is 0 Å². The molecule has 0 radical (unpaired) electrons. The van der Waals surface area contributed by atoms with Gasteiger partial charge in [-0.05, 0) is 18.3 Å². The van der Waals surface area contributed by atoms with Crippen LogP contribution in [0.5, 0.6) is 0 Å². The van der Waals surface area contributed by atoms with Crippen molar-refractivity contribution in [2.75, 3.05) is 0 Å². The number of hydrogen-bond donors (Lipinski definition) is 2. The first-order chi connectivity index (χ1) is 6.39. The highest BCUT2D eigenvalue weighted by Gasteiger charge is 2.42. The van der Waals surface area contributed by atoms with Gasteiger partial charge in [0.1, 0.15) is 0 Å². The van der Waals surface area contributed by atoms with E-state index in [1.165, 1.54) is 0 Å². The SMILES string of the molecule is CCCC(C)(CC)C(C(=O)O)C(=O)O. The average Bonchev–Trinajstić information content (AvgIpc) is 2.03. The molecule has 0 fully saturated rings. The minimum Gasteiger partial charge on any atom is -0.481 e. The van der Waals surface area contributed by atoms with Crippen LogP contribution in [0.25, 0.3) is 0 Å². The fourth-order valence-corrected chi connectivity index (χ4v) is 1.80. The van der Waals surface area contributed by atoms with Gasteiger partial charge in [-0.25, -0.2) is 0 Å². The summed E-state index contributed by atoms with van der Waals surface area (Å²) in [7, 11) is 0. The maximum Gasteiger partial charge on any atom is 0.318 e. The lowest BCUT2D eigenvalue weighted by molar-refractivity contribution is -0.161. The molecule has 2 N–H and O–H groups in total. The van der Waals surface area contributed by atoms with Crippen molar-refractivity contribution < 1.29 is 19.8 Å². The van der Waals surface area contributed by atoms with Gasteiger partial charge in [0.05, 0.1) is 0 Å². The van der Waals surface area contributed by atoms with Gasteiger partial charge in [0.25, 0.3) is 0 Å². The van der Waals surface area contributed by atoms with Crippen LogP contribution >= 0.6 is 0 Å². The van der Waals surface area contributed by atoms with Crippen LogP contribution in [0.15, 0.2) is 0 Å². The van der Waals surface area contributed by atoms with Gasteiger partial charge in [-0.1, -0.05) is 27.2 Å². The second kappa shape index (κ2) is 4.98. The summed E-state index contributed by atoms with van der Waals surface area (Å²) in [6.07, 6.45) is 1.97. The molecule has 0 heterocycles. The maximum atomic E-state index is 10.8. The normalized spacial score (nSPS) is 15.1. The Morgan fingerprint density at radius 3 is 1.86 bits per heavy atom. The van der Waals surface area contributed by atoms with E-state index in [9.17, 15) is 9.59 Å². The second-order valence-electron chi connectivity index (χ2n) is 3.87. The van der Waals surface area contributed by atoms with Crippen molar-refractivity contribution in [2.45, 2.75) is 40.0 Å². The van der Waals surface area contributed by atoms with Gasteiger partial charge in [0.2, 0.25) is 0 Å². The van der Waals surface area contributed by atoms with Crippen molar-refractivity contribution in [1.29, 1.82) is 0 Å². The molecule has 0 aromatic rings. The molecular formula is C10H18O4. The summed E-state index contributed by atoms with van der Waals surface area (Å²) >= 11 is 0. The molecule has 82 valence electrons. The summed E-state index contributed by atoms with van der Waals surface area (Å²) in [6.45, 7) is 5.48. The van der Waals surface area contributed by atoms with Gasteiger partial charge in [0.15, 0.2) is 5.92 Å². The highest BCUT2D eigenvalue weighted by atomic mass is 16.4. The van der Waals surface area contributed by atoms with Crippen LogP contribution in [0, 0.1) is 11.3 Å². The summed E-state index contributed by atoms with van der Waals surface area (Å²) < 4.78 is 0. The molecule has 0 aromatic heterocycles. The van der Waals surface area contributed by atoms with Gasteiger partial charge < -0.3 is 10.2 Å². The van der Waals surface area contributed by atoms with Gasteiger partial charge in [-0.2, -0.15) is 0 Å². The predicted molar refractivity (Wildman–Crippen MR) is 52.1 cm³/mol. The summed E-state index contributed by atoms with van der Waals surface area (Å²) in [5.41, 5.74) is -0.646. The van der Waals surface area contributed by atoms with E-state index in [0.717, 1.165) is 6.42 Å². The summed E-state index contributed by atoms with van der Waals surface area (Å²) in [6, 6.07) is 0. The largest absolute Gasteiger partial charge is 0.481 e. The molecule has 0 aromatic carbocycles. The van der Waals surface area contributed by atoms with Crippen molar-refractivity contribution in [3.05, 3.63) is 0 Å². The smallest absolute Gasteiger partial charge is 0.318 e. The van der Waals surface area contributed by atoms with E-state index in [-0.39, 0.29) is 0 Å². The molecule has 0 aliphatic carbocycles. The fourth-order valence-electron chi connectivity index (χ4n) is 1.80. The monoisotopic (exact) mass is 202 g/mol. The summed E-state index contributed by atoms with van der Waals surface area (Å²) in [5, 5.41) is 17.7.